The van der Waals surface area contributed by atoms with Crippen molar-refractivity contribution < 1.29 is 24.5 Å². The fourth-order valence-corrected chi connectivity index (χ4v) is 2.93. The number of phenols is 1. The molecular formula is C15H20N4O5S. The van der Waals surface area contributed by atoms with Crippen molar-refractivity contribution in [2.75, 3.05) is 19.5 Å². The normalized spacial score (nSPS) is 12.6. The lowest BCUT2D eigenvalue weighted by atomic mass is 10.2. The molecule has 2 atom stereocenters. The summed E-state index contributed by atoms with van der Waals surface area (Å²) in [6, 6.07) is 4.69. The van der Waals surface area contributed by atoms with E-state index in [1.807, 2.05) is 6.07 Å². The molecule has 136 valence electrons. The number of aromatic hydroxyl groups is 1. The van der Waals surface area contributed by atoms with Crippen molar-refractivity contribution in [3.8, 4) is 5.75 Å². The van der Waals surface area contributed by atoms with Crippen molar-refractivity contribution in [1.82, 2.24) is 5.32 Å². The molecule has 0 aliphatic heterocycles. The lowest BCUT2D eigenvalue weighted by Crippen LogP contribution is -2.47. The van der Waals surface area contributed by atoms with Gasteiger partial charge in [-0.25, -0.2) is 4.79 Å². The van der Waals surface area contributed by atoms with Crippen molar-refractivity contribution >= 4 is 23.6 Å². The summed E-state index contributed by atoms with van der Waals surface area (Å²) in [5, 5.41) is 24.1. The first-order valence-electron chi connectivity index (χ1n) is 7.40. The Bertz CT molecular complexity index is 636. The highest BCUT2D eigenvalue weighted by atomic mass is 32.2. The van der Waals surface area contributed by atoms with Crippen LogP contribution in [0.25, 0.3) is 10.4 Å². The van der Waals surface area contributed by atoms with Crippen molar-refractivity contribution in [3.63, 3.8) is 0 Å². The first-order valence-corrected chi connectivity index (χ1v) is 8.56. The predicted octanol–water partition coefficient (Wildman–Crippen LogP) is 1.34. The first-order chi connectivity index (χ1) is 12.0. The van der Waals surface area contributed by atoms with E-state index in [-0.39, 0.29) is 24.5 Å². The van der Waals surface area contributed by atoms with Crippen molar-refractivity contribution in [2.24, 2.45) is 5.11 Å². The quantitative estimate of drug-likeness (QED) is 0.246. The molecule has 0 fully saturated rings. The molecule has 0 saturated carbocycles. The lowest BCUT2D eigenvalue weighted by molar-refractivity contribution is -0.144. The van der Waals surface area contributed by atoms with Crippen LogP contribution in [0.2, 0.25) is 0 Å². The van der Waals surface area contributed by atoms with Crippen LogP contribution >= 0.6 is 11.8 Å². The number of hydrogen-bond donors (Lipinski definition) is 3. The number of nitrogens with one attached hydrogen (secondary N) is 1. The number of aliphatic hydroxyl groups is 1. The lowest BCUT2D eigenvalue weighted by Gasteiger charge is -2.18. The van der Waals surface area contributed by atoms with Crippen molar-refractivity contribution in [2.45, 2.75) is 24.3 Å². The van der Waals surface area contributed by atoms with E-state index >= 15 is 0 Å². The topological polar surface area (TPSA) is 145 Å². The van der Waals surface area contributed by atoms with Crippen LogP contribution in [0.4, 0.5) is 0 Å². The summed E-state index contributed by atoms with van der Waals surface area (Å²) < 4.78 is 4.68. The van der Waals surface area contributed by atoms with Gasteiger partial charge in [0.25, 0.3) is 0 Å². The molecule has 0 saturated heterocycles. The zero-order chi connectivity index (χ0) is 18.7. The predicted molar refractivity (Wildman–Crippen MR) is 92.9 cm³/mol. The molecule has 0 heterocycles. The Hall–Kier alpha value is -2.42. The van der Waals surface area contributed by atoms with Crippen molar-refractivity contribution in [1.29, 1.82) is 0 Å². The maximum atomic E-state index is 12.1. The number of thioether (sulfide) groups is 1. The Kier molecular flexibility index (Phi) is 9.23. The minimum Gasteiger partial charge on any atom is -0.508 e. The van der Waals surface area contributed by atoms with Gasteiger partial charge in [-0.15, -0.1) is 0 Å². The highest BCUT2D eigenvalue weighted by Crippen LogP contribution is 2.18. The van der Waals surface area contributed by atoms with Crippen LogP contribution in [0, 0.1) is 0 Å². The van der Waals surface area contributed by atoms with E-state index in [2.05, 4.69) is 20.1 Å². The molecule has 1 amide bonds. The molecule has 0 aliphatic carbocycles. The van der Waals surface area contributed by atoms with Gasteiger partial charge < -0.3 is 20.3 Å². The van der Waals surface area contributed by atoms with Crippen LogP contribution in [0.5, 0.6) is 5.75 Å². The van der Waals surface area contributed by atoms with E-state index in [0.29, 0.717) is 5.75 Å². The number of benzene rings is 1. The van der Waals surface area contributed by atoms with Gasteiger partial charge in [0.2, 0.25) is 5.91 Å². The number of amides is 1. The largest absolute Gasteiger partial charge is 0.508 e. The van der Waals surface area contributed by atoms with Crippen molar-refractivity contribution in [3.05, 3.63) is 40.3 Å². The first kappa shape index (κ1) is 20.6. The molecule has 0 radical (unpaired) electrons. The van der Waals surface area contributed by atoms with E-state index in [1.165, 1.54) is 18.9 Å². The number of phenolic OH excluding ortho intramolecular Hbond substituents is 1. The van der Waals surface area contributed by atoms with Gasteiger partial charge in [-0.05, 0) is 29.6 Å². The molecule has 0 aliphatic rings. The van der Waals surface area contributed by atoms with Crippen LogP contribution in [0.1, 0.15) is 12.0 Å². The molecule has 25 heavy (non-hydrogen) atoms. The summed E-state index contributed by atoms with van der Waals surface area (Å²) in [6.45, 7) is -0.327. The molecule has 1 aromatic rings. The maximum absolute atomic E-state index is 12.1. The van der Waals surface area contributed by atoms with E-state index in [9.17, 15) is 14.7 Å². The molecular weight excluding hydrogens is 348 g/mol. The Morgan fingerprint density at radius 1 is 1.48 bits per heavy atom. The fraction of sp³-hybridized carbons (Fsp3) is 0.467. The number of aliphatic hydroxyl groups excluding tert-OH is 1. The summed E-state index contributed by atoms with van der Waals surface area (Å²) in [7, 11) is 1.21. The highest BCUT2D eigenvalue weighted by Gasteiger charge is 2.25. The van der Waals surface area contributed by atoms with E-state index in [4.69, 9.17) is 10.6 Å². The van der Waals surface area contributed by atoms with Gasteiger partial charge in [-0.2, -0.15) is 11.8 Å². The summed E-state index contributed by atoms with van der Waals surface area (Å²) >= 11 is 1.37. The van der Waals surface area contributed by atoms with Gasteiger partial charge >= 0.3 is 5.97 Å². The van der Waals surface area contributed by atoms with E-state index in [0.717, 1.165) is 5.56 Å². The fourth-order valence-electron chi connectivity index (χ4n) is 1.95. The maximum Gasteiger partial charge on any atom is 0.329 e. The number of methoxy groups -OCH3 is 1. The average molecular weight is 368 g/mol. The number of rotatable bonds is 10. The average Bonchev–Trinajstić information content (AvgIpc) is 2.60. The van der Waals surface area contributed by atoms with Gasteiger partial charge in [-0.3, -0.25) is 4.79 Å². The van der Waals surface area contributed by atoms with Crippen LogP contribution in [0.3, 0.4) is 0 Å². The number of esters is 1. The molecule has 9 nitrogen and oxygen atoms in total. The van der Waals surface area contributed by atoms with E-state index < -0.39 is 24.0 Å². The Morgan fingerprint density at radius 2 is 2.24 bits per heavy atom. The number of carbonyl (C=O) groups excluding carboxylic acids is 2. The number of azide groups is 1. The van der Waals surface area contributed by atoms with Gasteiger partial charge in [0.1, 0.15) is 17.8 Å². The summed E-state index contributed by atoms with van der Waals surface area (Å²) in [5.41, 5.74) is 9.34. The Balaban J connectivity index is 2.65. The highest BCUT2D eigenvalue weighted by molar-refractivity contribution is 7.98. The second-order valence-corrected chi connectivity index (χ2v) is 6.03. The molecule has 0 spiro atoms. The number of ether oxygens (including phenoxy) is 1. The zero-order valence-electron chi connectivity index (χ0n) is 13.7. The third kappa shape index (κ3) is 7.34. The number of carbonyl (C=O) groups is 2. The Morgan fingerprint density at radius 3 is 2.84 bits per heavy atom. The Labute approximate surface area is 149 Å². The minimum atomic E-state index is -1.10. The molecule has 0 bridgehead atoms. The second kappa shape index (κ2) is 11.2. The molecule has 0 unspecified atom stereocenters. The second-order valence-electron chi connectivity index (χ2n) is 5.00. The molecule has 3 N–H and O–H groups in total. The third-order valence-corrected chi connectivity index (χ3v) is 4.27. The van der Waals surface area contributed by atoms with Gasteiger partial charge in [0.05, 0.1) is 7.11 Å². The number of hydrogen-bond acceptors (Lipinski definition) is 7. The van der Waals surface area contributed by atoms with Crippen LogP contribution in [0.15, 0.2) is 29.4 Å². The standard InChI is InChI=1S/C15H20N4O5S/c1-24-15(23)13(17-14(22)12(5-6-20)18-19-16)9-25-8-10-3-2-4-11(21)7-10/h2-4,7,12-13,20-21H,5-6,8-9H2,1H3,(H,17,22)/t12-,13+/m0/s1. The third-order valence-electron chi connectivity index (χ3n) is 3.16. The molecule has 10 heteroatoms. The molecule has 1 aromatic carbocycles. The zero-order valence-corrected chi connectivity index (χ0v) is 14.5. The minimum absolute atomic E-state index is 0.0414. The molecule has 0 aromatic heterocycles. The van der Waals surface area contributed by atoms with Gasteiger partial charge in [0.15, 0.2) is 0 Å². The number of nitrogens with zero attached hydrogens (tertiary/aromatic N) is 3. The summed E-state index contributed by atoms with van der Waals surface area (Å²) in [6.07, 6.45) is -0.0414. The van der Waals surface area contributed by atoms with E-state index in [1.54, 1.807) is 18.2 Å². The summed E-state index contributed by atoms with van der Waals surface area (Å²) in [5.74, 6) is -0.373. The SMILES string of the molecule is COC(=O)[C@@H](CSCc1cccc(O)c1)NC(=O)[C@H](CCO)N=[N+]=[N-]. The van der Waals surface area contributed by atoms with Crippen LogP contribution in [-0.2, 0) is 20.1 Å². The monoisotopic (exact) mass is 368 g/mol. The summed E-state index contributed by atoms with van der Waals surface area (Å²) in [4.78, 5) is 26.5. The van der Waals surface area contributed by atoms with Gasteiger partial charge in [-0.1, -0.05) is 17.2 Å². The van der Waals surface area contributed by atoms with Gasteiger partial charge in [0, 0.05) is 23.0 Å². The smallest absolute Gasteiger partial charge is 0.329 e. The van der Waals surface area contributed by atoms with Crippen LogP contribution in [-0.4, -0.2) is 53.6 Å². The molecule has 1 rings (SSSR count). The van der Waals surface area contributed by atoms with Crippen LogP contribution < -0.4 is 5.32 Å².